The molecule has 3 N–H and O–H groups in total. The van der Waals surface area contributed by atoms with E-state index in [-0.39, 0.29) is 5.75 Å². The van der Waals surface area contributed by atoms with Crippen LogP contribution in [0.1, 0.15) is 5.56 Å². The number of phenolic OH excluding ortho intramolecular Hbond substituents is 1. The molecule has 0 saturated carbocycles. The Morgan fingerprint density at radius 1 is 1.25 bits per heavy atom. The average molecular weight is 282 g/mol. The molecule has 4 heteroatoms. The summed E-state index contributed by atoms with van der Waals surface area (Å²) in [5.74, 6) is 5.29. The molecule has 0 spiro atoms. The van der Waals surface area contributed by atoms with Gasteiger partial charge in [0.05, 0.1) is 6.61 Å². The van der Waals surface area contributed by atoms with Crippen molar-refractivity contribution < 1.29 is 9.94 Å². The van der Waals surface area contributed by atoms with E-state index in [0.29, 0.717) is 13.0 Å². The van der Waals surface area contributed by atoms with Crippen LogP contribution in [0.2, 0.25) is 0 Å². The first kappa shape index (κ1) is 11.4. The largest absolute Gasteiger partial charge is 0.508 e. The van der Waals surface area contributed by atoms with E-state index in [4.69, 9.17) is 5.90 Å². The van der Waals surface area contributed by atoms with Gasteiger partial charge in [0.25, 0.3) is 0 Å². The number of nitrogens with two attached hydrogens (primary N) is 1. The van der Waals surface area contributed by atoms with Crippen LogP contribution in [0.15, 0.2) is 34.8 Å². The minimum atomic E-state index is 0.284. The fraction of sp³-hybridized carbons (Fsp3) is 0.167. The van der Waals surface area contributed by atoms with Gasteiger partial charge < -0.3 is 9.94 Å². The summed E-state index contributed by atoms with van der Waals surface area (Å²) in [4.78, 5) is 4.55. The molecule has 0 aliphatic carbocycles. The van der Waals surface area contributed by atoms with E-state index in [0.717, 1.165) is 20.8 Å². The number of halogens is 1. The molecule has 0 aliphatic rings. The van der Waals surface area contributed by atoms with Crippen LogP contribution < -0.4 is 5.90 Å². The Balaban J connectivity index is 2.55. The topological polar surface area (TPSA) is 55.5 Å². The van der Waals surface area contributed by atoms with Gasteiger partial charge in [-0.25, -0.2) is 5.90 Å². The first-order valence-corrected chi connectivity index (χ1v) is 5.73. The van der Waals surface area contributed by atoms with E-state index >= 15 is 0 Å². The van der Waals surface area contributed by atoms with Crippen LogP contribution in [-0.2, 0) is 11.3 Å². The Kier molecular flexibility index (Phi) is 3.43. The standard InChI is InChI=1S/C12H12BrNO2/c13-9-2-3-10-8(7-9)1-4-12(15)11(10)5-6-16-14/h1-4,7,15H,5-6,14H2. The van der Waals surface area contributed by atoms with E-state index < -0.39 is 0 Å². The van der Waals surface area contributed by atoms with Gasteiger partial charge in [0, 0.05) is 16.5 Å². The molecule has 0 aliphatic heterocycles. The van der Waals surface area contributed by atoms with Crippen LogP contribution in [-0.4, -0.2) is 11.7 Å². The summed E-state index contributed by atoms with van der Waals surface area (Å²) in [7, 11) is 0. The highest BCUT2D eigenvalue weighted by atomic mass is 79.9. The Morgan fingerprint density at radius 3 is 2.81 bits per heavy atom. The molecule has 2 aromatic rings. The second-order valence-corrected chi connectivity index (χ2v) is 4.47. The summed E-state index contributed by atoms with van der Waals surface area (Å²) >= 11 is 3.42. The molecular weight excluding hydrogens is 270 g/mol. The minimum Gasteiger partial charge on any atom is -0.508 e. The van der Waals surface area contributed by atoms with Crippen molar-refractivity contribution in [1.29, 1.82) is 0 Å². The zero-order valence-corrected chi connectivity index (χ0v) is 10.2. The van der Waals surface area contributed by atoms with Crippen molar-refractivity contribution in [1.82, 2.24) is 0 Å². The van der Waals surface area contributed by atoms with Crippen molar-refractivity contribution in [3.05, 3.63) is 40.4 Å². The van der Waals surface area contributed by atoms with Crippen LogP contribution in [0.4, 0.5) is 0 Å². The number of phenols is 1. The van der Waals surface area contributed by atoms with Gasteiger partial charge in [-0.15, -0.1) is 0 Å². The Morgan fingerprint density at radius 2 is 2.06 bits per heavy atom. The molecule has 16 heavy (non-hydrogen) atoms. The lowest BCUT2D eigenvalue weighted by Gasteiger charge is -2.08. The maximum absolute atomic E-state index is 9.80. The third kappa shape index (κ3) is 2.19. The molecule has 0 radical (unpaired) electrons. The van der Waals surface area contributed by atoms with Crippen LogP contribution in [0.3, 0.4) is 0 Å². The second kappa shape index (κ2) is 4.82. The number of fused-ring (bicyclic) bond motifs is 1. The maximum atomic E-state index is 9.80. The fourth-order valence-corrected chi connectivity index (χ4v) is 2.16. The monoisotopic (exact) mass is 281 g/mol. The number of rotatable bonds is 3. The van der Waals surface area contributed by atoms with Crippen molar-refractivity contribution in [2.75, 3.05) is 6.61 Å². The molecule has 0 saturated heterocycles. The van der Waals surface area contributed by atoms with Crippen molar-refractivity contribution in [2.24, 2.45) is 5.90 Å². The van der Waals surface area contributed by atoms with Crippen LogP contribution in [0, 0.1) is 0 Å². The number of hydrogen-bond donors (Lipinski definition) is 2. The Hall–Kier alpha value is -1.10. The lowest BCUT2D eigenvalue weighted by atomic mass is 10.0. The lowest BCUT2D eigenvalue weighted by Crippen LogP contribution is -2.04. The van der Waals surface area contributed by atoms with Crippen LogP contribution in [0.5, 0.6) is 5.75 Å². The normalized spacial score (nSPS) is 10.9. The zero-order valence-electron chi connectivity index (χ0n) is 8.61. The molecule has 0 aromatic heterocycles. The summed E-state index contributed by atoms with van der Waals surface area (Å²) < 4.78 is 1.02. The predicted octanol–water partition coefficient (Wildman–Crippen LogP) is 2.74. The molecule has 84 valence electrons. The van der Waals surface area contributed by atoms with Crippen molar-refractivity contribution in [3.63, 3.8) is 0 Å². The average Bonchev–Trinajstić information content (AvgIpc) is 2.28. The SMILES string of the molecule is NOCCc1c(O)ccc2cc(Br)ccc12. The first-order chi connectivity index (χ1) is 7.72. The number of aromatic hydroxyl groups is 1. The van der Waals surface area contributed by atoms with Gasteiger partial charge in [0.1, 0.15) is 5.75 Å². The van der Waals surface area contributed by atoms with Gasteiger partial charge in [0.2, 0.25) is 0 Å². The Labute approximate surface area is 102 Å². The molecule has 0 unspecified atom stereocenters. The van der Waals surface area contributed by atoms with Crippen LogP contribution in [0.25, 0.3) is 10.8 Å². The zero-order chi connectivity index (χ0) is 11.5. The van der Waals surface area contributed by atoms with Crippen molar-refractivity contribution in [2.45, 2.75) is 6.42 Å². The molecule has 2 rings (SSSR count). The van der Waals surface area contributed by atoms with Gasteiger partial charge in [-0.2, -0.15) is 0 Å². The van der Waals surface area contributed by atoms with E-state index in [1.54, 1.807) is 6.07 Å². The number of hydrogen-bond acceptors (Lipinski definition) is 3. The lowest BCUT2D eigenvalue weighted by molar-refractivity contribution is 0.141. The summed E-state index contributed by atoms with van der Waals surface area (Å²) in [5.41, 5.74) is 0.871. The van der Waals surface area contributed by atoms with Crippen LogP contribution >= 0.6 is 15.9 Å². The molecule has 0 fully saturated rings. The summed E-state index contributed by atoms with van der Waals surface area (Å²) in [6.07, 6.45) is 0.599. The second-order valence-electron chi connectivity index (χ2n) is 3.55. The van der Waals surface area contributed by atoms with Gasteiger partial charge >= 0.3 is 0 Å². The molecule has 0 heterocycles. The van der Waals surface area contributed by atoms with E-state index in [9.17, 15) is 5.11 Å². The highest BCUT2D eigenvalue weighted by Gasteiger charge is 2.06. The van der Waals surface area contributed by atoms with Gasteiger partial charge in [-0.1, -0.05) is 28.1 Å². The highest BCUT2D eigenvalue weighted by molar-refractivity contribution is 9.10. The Bertz CT molecular complexity index is 514. The van der Waals surface area contributed by atoms with Crippen molar-refractivity contribution in [3.8, 4) is 5.75 Å². The van der Waals surface area contributed by atoms with E-state index in [2.05, 4.69) is 20.8 Å². The molecule has 0 atom stereocenters. The molecular formula is C12H12BrNO2. The first-order valence-electron chi connectivity index (χ1n) is 4.94. The van der Waals surface area contributed by atoms with E-state index in [1.165, 1.54) is 0 Å². The fourth-order valence-electron chi connectivity index (χ4n) is 1.78. The van der Waals surface area contributed by atoms with Gasteiger partial charge in [-0.3, -0.25) is 0 Å². The molecule has 2 aromatic carbocycles. The summed E-state index contributed by atoms with van der Waals surface area (Å²) in [6, 6.07) is 9.53. The predicted molar refractivity (Wildman–Crippen MR) is 67.2 cm³/mol. The summed E-state index contributed by atoms with van der Waals surface area (Å²) in [6.45, 7) is 0.392. The maximum Gasteiger partial charge on any atom is 0.119 e. The quantitative estimate of drug-likeness (QED) is 0.851. The third-order valence-corrected chi connectivity index (χ3v) is 3.03. The smallest absolute Gasteiger partial charge is 0.119 e. The van der Waals surface area contributed by atoms with Crippen molar-refractivity contribution >= 4 is 26.7 Å². The van der Waals surface area contributed by atoms with E-state index in [1.807, 2.05) is 24.3 Å². The third-order valence-electron chi connectivity index (χ3n) is 2.54. The highest BCUT2D eigenvalue weighted by Crippen LogP contribution is 2.29. The number of benzene rings is 2. The van der Waals surface area contributed by atoms with Gasteiger partial charge in [0.15, 0.2) is 0 Å². The minimum absolute atomic E-state index is 0.284. The molecule has 0 bridgehead atoms. The molecule has 0 amide bonds. The molecule has 3 nitrogen and oxygen atoms in total. The van der Waals surface area contributed by atoms with Gasteiger partial charge in [-0.05, 0) is 29.0 Å². The summed E-state index contributed by atoms with van der Waals surface area (Å²) in [5, 5.41) is 11.9.